The smallest absolute Gasteiger partial charge is 0.323 e. The van der Waals surface area contributed by atoms with Crippen LogP contribution in [0.25, 0.3) is 0 Å². The third-order valence-electron chi connectivity index (χ3n) is 3.10. The van der Waals surface area contributed by atoms with Crippen molar-refractivity contribution in [2.75, 3.05) is 0 Å². The molecule has 4 nitrogen and oxygen atoms in total. The third-order valence-corrected chi connectivity index (χ3v) is 3.10. The van der Waals surface area contributed by atoms with Gasteiger partial charge in [-0.05, 0) is 30.5 Å². The van der Waals surface area contributed by atoms with E-state index in [-0.39, 0.29) is 31.1 Å². The van der Waals surface area contributed by atoms with Crippen LogP contribution in [0.3, 0.4) is 0 Å². The van der Waals surface area contributed by atoms with Gasteiger partial charge in [-0.2, -0.15) is 0 Å². The number of carbonyl (C=O) groups is 1. The van der Waals surface area contributed by atoms with Crippen LogP contribution < -0.4 is 5.73 Å². The number of hydrogen-bond donors (Lipinski definition) is 1. The molecular weight excluding hydrogens is 242 g/mol. The number of nitrogens with zero attached hydrogens (tertiary/aromatic N) is 1. The van der Waals surface area contributed by atoms with Crippen LogP contribution in [0, 0.1) is 11.7 Å². The third kappa shape index (κ3) is 2.32. The molecule has 0 radical (unpaired) electrons. The van der Waals surface area contributed by atoms with E-state index < -0.39 is 11.5 Å². The fourth-order valence-electron chi connectivity index (χ4n) is 2.09. The van der Waals surface area contributed by atoms with Crippen LogP contribution >= 0.6 is 0 Å². The fraction of sp³-hybridized carbons (Fsp3) is 0.333. The van der Waals surface area contributed by atoms with Crippen LogP contribution in [0.1, 0.15) is 18.4 Å². The second-order valence-corrected chi connectivity index (χ2v) is 4.30. The molecule has 0 bridgehead atoms. The predicted octanol–water partition coefficient (Wildman–Crippen LogP) is 1.85. The first-order valence-corrected chi connectivity index (χ1v) is 5.43. The summed E-state index contributed by atoms with van der Waals surface area (Å²) in [5, 5.41) is 3.33. The lowest BCUT2D eigenvalue weighted by atomic mass is 9.68. The van der Waals surface area contributed by atoms with Crippen molar-refractivity contribution < 1.29 is 18.4 Å². The molecule has 1 aliphatic rings. The van der Waals surface area contributed by atoms with Crippen LogP contribution in [-0.4, -0.2) is 12.3 Å². The number of benzene rings is 1. The van der Waals surface area contributed by atoms with Crippen molar-refractivity contribution in [2.24, 2.45) is 16.8 Å². The first-order valence-electron chi connectivity index (χ1n) is 5.43. The molecule has 2 rings (SSSR count). The summed E-state index contributed by atoms with van der Waals surface area (Å²) in [4.78, 5) is 14.1. The summed E-state index contributed by atoms with van der Waals surface area (Å²) in [5.41, 5.74) is 4.22. The first-order chi connectivity index (χ1) is 8.55. The van der Waals surface area contributed by atoms with Crippen LogP contribution in [0.5, 0.6) is 0 Å². The number of oxime groups is 1. The molecule has 1 saturated carbocycles. The van der Waals surface area contributed by atoms with Crippen molar-refractivity contribution in [3.63, 3.8) is 0 Å². The Hall–Kier alpha value is -1.98. The zero-order valence-corrected chi connectivity index (χ0v) is 9.48. The van der Waals surface area contributed by atoms with Crippen molar-refractivity contribution in [2.45, 2.75) is 18.5 Å². The van der Waals surface area contributed by atoms with Crippen LogP contribution in [-0.2, 0) is 15.3 Å². The Labute approximate surface area is 102 Å². The van der Waals surface area contributed by atoms with E-state index in [9.17, 15) is 13.6 Å². The lowest BCUT2D eigenvalue weighted by Crippen LogP contribution is -2.44. The molecule has 0 saturated heterocycles. The molecule has 0 aromatic heterocycles. The number of carbonyl (C=O) groups excluding carboxylic acids is 1. The Morgan fingerprint density at radius 1 is 1.56 bits per heavy atom. The van der Waals surface area contributed by atoms with Gasteiger partial charge in [-0.1, -0.05) is 17.3 Å². The number of amidine groups is 1. The molecule has 0 atom stereocenters. The van der Waals surface area contributed by atoms with E-state index in [0.29, 0.717) is 5.56 Å². The molecular formula is C12H12F2N2O2. The molecule has 1 aliphatic carbocycles. The highest BCUT2D eigenvalue weighted by Crippen LogP contribution is 2.49. The predicted molar refractivity (Wildman–Crippen MR) is 60.7 cm³/mol. The topological polar surface area (TPSA) is 64.7 Å². The summed E-state index contributed by atoms with van der Waals surface area (Å²) in [6.45, 7) is 0.140. The number of alkyl halides is 1. The summed E-state index contributed by atoms with van der Waals surface area (Å²) < 4.78 is 27.4. The Morgan fingerprint density at radius 2 is 2.28 bits per heavy atom. The SMILES string of the molecule is N/C(=N/OC=O)C1CC(F)(c2cccc(F)c2)C1. The lowest BCUT2D eigenvalue weighted by molar-refractivity contribution is -0.128. The summed E-state index contributed by atoms with van der Waals surface area (Å²) in [6.07, 6.45) is 0.210. The molecule has 0 heterocycles. The van der Waals surface area contributed by atoms with Crippen molar-refractivity contribution in [3.8, 4) is 0 Å². The van der Waals surface area contributed by atoms with Gasteiger partial charge in [-0.15, -0.1) is 0 Å². The van der Waals surface area contributed by atoms with Gasteiger partial charge in [0.2, 0.25) is 0 Å². The number of rotatable bonds is 4. The lowest BCUT2D eigenvalue weighted by Gasteiger charge is -2.41. The van der Waals surface area contributed by atoms with Gasteiger partial charge >= 0.3 is 6.47 Å². The van der Waals surface area contributed by atoms with Gasteiger partial charge in [-0.3, -0.25) is 4.79 Å². The number of nitrogens with two attached hydrogens (primary N) is 1. The maximum atomic E-state index is 14.4. The molecule has 1 fully saturated rings. The average Bonchev–Trinajstić information content (AvgIpc) is 2.32. The van der Waals surface area contributed by atoms with Crippen LogP contribution in [0.15, 0.2) is 29.4 Å². The zero-order valence-electron chi connectivity index (χ0n) is 9.48. The monoisotopic (exact) mass is 254 g/mol. The summed E-state index contributed by atoms with van der Waals surface area (Å²) in [5.74, 6) is -0.691. The minimum atomic E-state index is -1.59. The van der Waals surface area contributed by atoms with Crippen molar-refractivity contribution in [1.29, 1.82) is 0 Å². The summed E-state index contributed by atoms with van der Waals surface area (Å²) in [7, 11) is 0. The summed E-state index contributed by atoms with van der Waals surface area (Å²) in [6, 6.07) is 5.43. The number of hydrogen-bond acceptors (Lipinski definition) is 3. The zero-order chi connectivity index (χ0) is 13.2. The van der Waals surface area contributed by atoms with E-state index in [1.807, 2.05) is 0 Å². The van der Waals surface area contributed by atoms with Crippen molar-refractivity contribution >= 4 is 12.3 Å². The van der Waals surface area contributed by atoms with E-state index in [2.05, 4.69) is 9.99 Å². The molecule has 1 aromatic carbocycles. The van der Waals surface area contributed by atoms with Gasteiger partial charge < -0.3 is 10.6 Å². The van der Waals surface area contributed by atoms with E-state index in [0.717, 1.165) is 0 Å². The number of halogens is 2. The second-order valence-electron chi connectivity index (χ2n) is 4.30. The maximum absolute atomic E-state index is 14.4. The van der Waals surface area contributed by atoms with Gasteiger partial charge in [0.05, 0.1) is 0 Å². The van der Waals surface area contributed by atoms with Gasteiger partial charge in [0.15, 0.2) is 0 Å². The van der Waals surface area contributed by atoms with Crippen molar-refractivity contribution in [1.82, 2.24) is 0 Å². The van der Waals surface area contributed by atoms with E-state index in [1.54, 1.807) is 0 Å². The quantitative estimate of drug-likeness (QED) is 0.293. The fourth-order valence-corrected chi connectivity index (χ4v) is 2.09. The van der Waals surface area contributed by atoms with E-state index in [4.69, 9.17) is 5.73 Å². The molecule has 96 valence electrons. The van der Waals surface area contributed by atoms with E-state index in [1.165, 1.54) is 24.3 Å². The highest BCUT2D eigenvalue weighted by Gasteiger charge is 2.48. The highest BCUT2D eigenvalue weighted by molar-refractivity contribution is 5.83. The highest BCUT2D eigenvalue weighted by atomic mass is 19.1. The summed E-state index contributed by atoms with van der Waals surface area (Å²) >= 11 is 0. The molecule has 0 unspecified atom stereocenters. The Morgan fingerprint density at radius 3 is 2.89 bits per heavy atom. The van der Waals surface area contributed by atoms with Gasteiger partial charge in [0, 0.05) is 5.92 Å². The molecule has 18 heavy (non-hydrogen) atoms. The minimum Gasteiger partial charge on any atom is -0.384 e. The van der Waals surface area contributed by atoms with Gasteiger partial charge in [0.25, 0.3) is 0 Å². The van der Waals surface area contributed by atoms with E-state index >= 15 is 0 Å². The van der Waals surface area contributed by atoms with Crippen LogP contribution in [0.4, 0.5) is 8.78 Å². The molecule has 0 spiro atoms. The van der Waals surface area contributed by atoms with Gasteiger partial charge in [-0.25, -0.2) is 8.78 Å². The van der Waals surface area contributed by atoms with Crippen molar-refractivity contribution in [3.05, 3.63) is 35.6 Å². The molecule has 1 aromatic rings. The Kier molecular flexibility index (Phi) is 3.27. The second kappa shape index (κ2) is 4.72. The Bertz CT molecular complexity index is 485. The normalized spacial score (nSPS) is 27.4. The van der Waals surface area contributed by atoms with Crippen LogP contribution in [0.2, 0.25) is 0 Å². The minimum absolute atomic E-state index is 0.0757. The molecule has 6 heteroatoms. The Balaban J connectivity index is 2.04. The maximum Gasteiger partial charge on any atom is 0.323 e. The standard InChI is InChI=1S/C12H12F2N2O2/c13-10-3-1-2-9(4-10)12(14)5-8(6-12)11(15)16-18-7-17/h1-4,7-8H,5-6H2,(H2,15,16). The average molecular weight is 254 g/mol. The molecule has 0 amide bonds. The first kappa shape index (κ1) is 12.5. The molecule has 2 N–H and O–H groups in total. The molecule has 0 aliphatic heterocycles. The van der Waals surface area contributed by atoms with Gasteiger partial charge in [0.1, 0.15) is 17.3 Å². The largest absolute Gasteiger partial charge is 0.384 e.